The summed E-state index contributed by atoms with van der Waals surface area (Å²) in [4.78, 5) is 12.7. The van der Waals surface area contributed by atoms with Crippen LogP contribution in [0.2, 0.25) is 0 Å². The van der Waals surface area contributed by atoms with Crippen LogP contribution in [-0.4, -0.2) is 57.8 Å². The van der Waals surface area contributed by atoms with Crippen LogP contribution >= 0.6 is 0 Å². The van der Waals surface area contributed by atoms with Crippen molar-refractivity contribution in [3.63, 3.8) is 0 Å². The van der Waals surface area contributed by atoms with E-state index in [9.17, 15) is 39.9 Å². The van der Waals surface area contributed by atoms with Gasteiger partial charge in [-0.25, -0.2) is 9.00 Å². The molecular formula is C20H20F6N2O4S. The maximum atomic E-state index is 12.6. The summed E-state index contributed by atoms with van der Waals surface area (Å²) in [5.74, 6) is -0.224. The Kier molecular flexibility index (Phi) is 7.42. The molecule has 0 radical (unpaired) electrons. The van der Waals surface area contributed by atoms with Crippen molar-refractivity contribution in [3.8, 4) is 0 Å². The highest BCUT2D eigenvalue weighted by Crippen LogP contribution is 2.36. The number of fused-ring (bicyclic) bond motifs is 1. The first kappa shape index (κ1) is 25.1. The quantitative estimate of drug-likeness (QED) is 0.459. The standard InChI is InChI=1S/C20H20F6N2O4S/c21-19(22,23)17(20(24,25)26)32-18(29)27-9-7-13(8-10-27)12-28(33(30)31)16-6-5-14-3-1-2-4-15(14)11-16/h1-6,11,13,17H,7-10,12H2,(H,30,31). The number of amides is 1. The number of nitrogens with zero attached hydrogens (tertiary/aromatic N) is 2. The highest BCUT2D eigenvalue weighted by molar-refractivity contribution is 7.80. The minimum absolute atomic E-state index is 0.109. The van der Waals surface area contributed by atoms with Crippen LogP contribution in [0.15, 0.2) is 42.5 Å². The van der Waals surface area contributed by atoms with Crippen LogP contribution < -0.4 is 4.31 Å². The first-order chi connectivity index (χ1) is 15.4. The smallest absolute Gasteiger partial charge is 0.426 e. The number of alkyl halides is 6. The monoisotopic (exact) mass is 498 g/mol. The number of rotatable bonds is 5. The van der Waals surface area contributed by atoms with E-state index in [0.29, 0.717) is 5.69 Å². The highest BCUT2D eigenvalue weighted by atomic mass is 32.2. The van der Waals surface area contributed by atoms with E-state index < -0.39 is 35.8 Å². The lowest BCUT2D eigenvalue weighted by molar-refractivity contribution is -0.308. The van der Waals surface area contributed by atoms with Crippen molar-refractivity contribution < 1.29 is 44.6 Å². The molecule has 0 bridgehead atoms. The zero-order chi connectivity index (χ0) is 24.4. The molecule has 1 heterocycles. The van der Waals surface area contributed by atoms with Crippen molar-refractivity contribution in [2.24, 2.45) is 5.92 Å². The van der Waals surface area contributed by atoms with E-state index >= 15 is 0 Å². The van der Waals surface area contributed by atoms with E-state index in [1.165, 1.54) is 4.31 Å². The average Bonchev–Trinajstić information content (AvgIpc) is 2.74. The largest absolute Gasteiger partial charge is 0.434 e. The summed E-state index contributed by atoms with van der Waals surface area (Å²) in [5, 5.41) is 1.79. The summed E-state index contributed by atoms with van der Waals surface area (Å²) in [6.45, 7) is -0.177. The van der Waals surface area contributed by atoms with E-state index in [4.69, 9.17) is 0 Å². The Bertz CT molecular complexity index is 994. The molecule has 3 rings (SSSR count). The molecule has 1 aliphatic rings. The molecule has 13 heteroatoms. The molecule has 1 aliphatic heterocycles. The van der Waals surface area contributed by atoms with Crippen molar-refractivity contribution in [1.29, 1.82) is 0 Å². The second kappa shape index (κ2) is 9.75. The van der Waals surface area contributed by atoms with Crippen molar-refractivity contribution in [2.75, 3.05) is 23.9 Å². The van der Waals surface area contributed by atoms with Crippen LogP contribution in [0, 0.1) is 5.92 Å². The maximum Gasteiger partial charge on any atom is 0.434 e. The van der Waals surface area contributed by atoms with Gasteiger partial charge in [-0.15, -0.1) is 0 Å². The Hall–Kier alpha value is -2.54. The van der Waals surface area contributed by atoms with E-state index in [-0.39, 0.29) is 38.4 Å². The average molecular weight is 498 g/mol. The summed E-state index contributed by atoms with van der Waals surface area (Å²) in [6, 6.07) is 12.6. The van der Waals surface area contributed by atoms with Crippen LogP contribution in [0.1, 0.15) is 12.8 Å². The molecule has 2 aromatic carbocycles. The molecule has 0 aromatic heterocycles. The lowest BCUT2D eigenvalue weighted by Gasteiger charge is -2.34. The number of likely N-dealkylation sites (tertiary alicyclic amines) is 1. The molecule has 182 valence electrons. The molecule has 33 heavy (non-hydrogen) atoms. The first-order valence-electron chi connectivity index (χ1n) is 9.82. The topological polar surface area (TPSA) is 70.1 Å². The van der Waals surface area contributed by atoms with Crippen LogP contribution in [0.25, 0.3) is 10.8 Å². The number of halogens is 6. The van der Waals surface area contributed by atoms with Gasteiger partial charge in [0.2, 0.25) is 0 Å². The molecule has 1 fully saturated rings. The van der Waals surface area contributed by atoms with Crippen molar-refractivity contribution in [2.45, 2.75) is 31.3 Å². The van der Waals surface area contributed by atoms with Gasteiger partial charge in [0, 0.05) is 19.6 Å². The number of ether oxygens (including phenoxy) is 1. The van der Waals surface area contributed by atoms with Gasteiger partial charge in [0.1, 0.15) is 0 Å². The Morgan fingerprint density at radius 1 is 1.06 bits per heavy atom. The van der Waals surface area contributed by atoms with Crippen molar-refractivity contribution >= 4 is 33.8 Å². The molecule has 0 aliphatic carbocycles. The molecule has 1 N–H and O–H groups in total. The van der Waals surface area contributed by atoms with Gasteiger partial charge in [-0.05, 0) is 41.7 Å². The Morgan fingerprint density at radius 2 is 1.64 bits per heavy atom. The maximum absolute atomic E-state index is 12.6. The molecule has 1 atom stereocenters. The summed E-state index contributed by atoms with van der Waals surface area (Å²) in [7, 11) is 0. The second-order valence-electron chi connectivity index (χ2n) is 7.60. The Balaban J connectivity index is 1.62. The van der Waals surface area contributed by atoms with Gasteiger partial charge >= 0.3 is 18.4 Å². The number of carbonyl (C=O) groups excluding carboxylic acids is 1. The molecular weight excluding hydrogens is 478 g/mol. The zero-order valence-corrected chi connectivity index (χ0v) is 17.8. The SMILES string of the molecule is O=C(OC(C(F)(F)F)C(F)(F)F)N1CCC(CN(c2ccc3ccccc3c2)S(=O)O)CC1. The third kappa shape index (κ3) is 6.28. The van der Waals surface area contributed by atoms with Crippen LogP contribution in [-0.2, 0) is 16.0 Å². The minimum Gasteiger partial charge on any atom is -0.426 e. The molecule has 2 aromatic rings. The fourth-order valence-electron chi connectivity index (χ4n) is 3.62. The number of piperidine rings is 1. The van der Waals surface area contributed by atoms with Crippen LogP contribution in [0.5, 0.6) is 0 Å². The fraction of sp³-hybridized carbons (Fsp3) is 0.450. The third-order valence-electron chi connectivity index (χ3n) is 5.32. The molecule has 1 saturated heterocycles. The van der Waals surface area contributed by atoms with E-state index in [2.05, 4.69) is 4.74 Å². The van der Waals surface area contributed by atoms with Gasteiger partial charge in [-0.3, -0.25) is 8.86 Å². The number of benzene rings is 2. The minimum atomic E-state index is -5.78. The molecule has 1 unspecified atom stereocenters. The molecule has 1 amide bonds. The van der Waals surface area contributed by atoms with E-state index in [1.807, 2.05) is 24.3 Å². The predicted octanol–water partition coefficient (Wildman–Crippen LogP) is 5.12. The number of anilines is 1. The second-order valence-corrected chi connectivity index (χ2v) is 8.50. The first-order valence-corrected chi connectivity index (χ1v) is 10.9. The number of carbonyl (C=O) groups is 1. The van der Waals surface area contributed by atoms with Gasteiger partial charge < -0.3 is 9.64 Å². The lowest BCUT2D eigenvalue weighted by Crippen LogP contribution is -2.49. The number of hydrogen-bond donors (Lipinski definition) is 1. The van der Waals surface area contributed by atoms with Gasteiger partial charge in [0.05, 0.1) is 5.69 Å². The summed E-state index contributed by atoms with van der Waals surface area (Å²) >= 11 is -2.37. The Morgan fingerprint density at radius 3 is 2.18 bits per heavy atom. The molecule has 0 saturated carbocycles. The lowest BCUT2D eigenvalue weighted by atomic mass is 9.97. The summed E-state index contributed by atoms with van der Waals surface area (Å²) in [6.07, 6.45) is -17.0. The van der Waals surface area contributed by atoms with Crippen molar-refractivity contribution in [3.05, 3.63) is 42.5 Å². The van der Waals surface area contributed by atoms with Gasteiger partial charge in [-0.2, -0.15) is 26.3 Å². The highest BCUT2D eigenvalue weighted by Gasteiger charge is 2.60. The van der Waals surface area contributed by atoms with Crippen molar-refractivity contribution in [1.82, 2.24) is 4.90 Å². The van der Waals surface area contributed by atoms with E-state index in [0.717, 1.165) is 15.7 Å². The normalized spacial score (nSPS) is 16.8. The number of hydrogen-bond acceptors (Lipinski definition) is 3. The summed E-state index contributed by atoms with van der Waals surface area (Å²) in [5.41, 5.74) is 0.481. The fourth-order valence-corrected chi connectivity index (χ4v) is 4.25. The third-order valence-corrected chi connectivity index (χ3v) is 6.06. The zero-order valence-electron chi connectivity index (χ0n) is 17.0. The Labute approximate surface area is 187 Å². The molecule has 6 nitrogen and oxygen atoms in total. The molecule has 0 spiro atoms. The van der Waals surface area contributed by atoms with Gasteiger partial charge in [0.25, 0.3) is 17.4 Å². The van der Waals surface area contributed by atoms with Crippen LogP contribution in [0.4, 0.5) is 36.8 Å². The van der Waals surface area contributed by atoms with Gasteiger partial charge in [0.15, 0.2) is 0 Å². The van der Waals surface area contributed by atoms with Gasteiger partial charge in [-0.1, -0.05) is 30.3 Å². The van der Waals surface area contributed by atoms with E-state index in [1.54, 1.807) is 18.2 Å². The summed E-state index contributed by atoms with van der Waals surface area (Å²) < 4.78 is 102. The van der Waals surface area contributed by atoms with Crippen LogP contribution in [0.3, 0.4) is 0 Å². The predicted molar refractivity (Wildman–Crippen MR) is 109 cm³/mol.